The van der Waals surface area contributed by atoms with Gasteiger partial charge in [-0.3, -0.25) is 14.5 Å². The highest BCUT2D eigenvalue weighted by molar-refractivity contribution is 8.15. The van der Waals surface area contributed by atoms with Gasteiger partial charge in [0.2, 0.25) is 11.8 Å². The van der Waals surface area contributed by atoms with Crippen molar-refractivity contribution in [3.63, 3.8) is 0 Å². The number of nitrogens with zero attached hydrogens (tertiary/aromatic N) is 2. The molecule has 1 aliphatic heterocycles. The molecule has 1 unspecified atom stereocenters. The van der Waals surface area contributed by atoms with Crippen LogP contribution < -0.4 is 5.32 Å². The molecule has 0 aliphatic carbocycles. The maximum Gasteiger partial charge on any atom is 0.242 e. The number of thioether (sulfide) groups is 1. The van der Waals surface area contributed by atoms with E-state index in [9.17, 15) is 18.4 Å². The predicted molar refractivity (Wildman–Crippen MR) is 122 cm³/mol. The average Bonchev–Trinajstić information content (AvgIpc) is 3.01. The summed E-state index contributed by atoms with van der Waals surface area (Å²) in [6.07, 6.45) is 0.460. The van der Waals surface area contributed by atoms with Crippen molar-refractivity contribution in [2.45, 2.75) is 31.9 Å². The van der Waals surface area contributed by atoms with E-state index in [0.717, 1.165) is 28.9 Å². The first-order chi connectivity index (χ1) is 15.3. The van der Waals surface area contributed by atoms with E-state index in [2.05, 4.69) is 10.3 Å². The number of amides is 2. The Balaban J connectivity index is 1.77. The molecule has 3 rings (SSSR count). The maximum absolute atomic E-state index is 13.8. The van der Waals surface area contributed by atoms with Gasteiger partial charge in [0.25, 0.3) is 0 Å². The summed E-state index contributed by atoms with van der Waals surface area (Å²) in [5, 5.41) is 2.24. The number of carbonyl (C=O) groups excluding carboxylic acids is 2. The number of nitrogens with one attached hydrogen (secondary N) is 1. The molecule has 0 aromatic heterocycles. The molecule has 0 spiro atoms. The quantitative estimate of drug-likeness (QED) is 0.585. The highest BCUT2D eigenvalue weighted by atomic mass is 32.2. The molecule has 1 fully saturated rings. The number of ether oxygens (including phenoxy) is 1. The fraction of sp³-hybridized carbons (Fsp3) is 0.348. The van der Waals surface area contributed by atoms with Crippen molar-refractivity contribution in [2.75, 3.05) is 25.6 Å². The van der Waals surface area contributed by atoms with E-state index in [1.54, 1.807) is 12.0 Å². The van der Waals surface area contributed by atoms with Crippen molar-refractivity contribution >= 4 is 40.1 Å². The minimum absolute atomic E-state index is 0.132. The Labute approximate surface area is 190 Å². The summed E-state index contributed by atoms with van der Waals surface area (Å²) >= 11 is 1.21. The fourth-order valence-corrected chi connectivity index (χ4v) is 4.47. The summed E-state index contributed by atoms with van der Waals surface area (Å²) in [5.41, 5.74) is 2.71. The lowest BCUT2D eigenvalue weighted by molar-refractivity contribution is -0.128. The zero-order chi connectivity index (χ0) is 23.3. The van der Waals surface area contributed by atoms with Crippen LogP contribution in [-0.2, 0) is 14.3 Å². The van der Waals surface area contributed by atoms with Crippen LogP contribution in [0.15, 0.2) is 41.4 Å². The van der Waals surface area contributed by atoms with Crippen molar-refractivity contribution < 1.29 is 23.1 Å². The van der Waals surface area contributed by atoms with Gasteiger partial charge in [0, 0.05) is 32.7 Å². The second-order valence-electron chi connectivity index (χ2n) is 7.50. The zero-order valence-corrected chi connectivity index (χ0v) is 19.0. The fourth-order valence-electron chi connectivity index (χ4n) is 3.29. The molecule has 2 amide bonds. The monoisotopic (exact) mass is 461 g/mol. The lowest BCUT2D eigenvalue weighted by Crippen LogP contribution is -2.34. The number of carbonyl (C=O) groups is 2. The molecule has 2 aromatic rings. The highest BCUT2D eigenvalue weighted by Crippen LogP contribution is 2.33. The first kappa shape index (κ1) is 23.9. The Hall–Kier alpha value is -2.78. The van der Waals surface area contributed by atoms with Crippen molar-refractivity contribution in [3.05, 3.63) is 59.2 Å². The van der Waals surface area contributed by atoms with Crippen LogP contribution in [0.4, 0.5) is 20.2 Å². The number of benzene rings is 2. The van der Waals surface area contributed by atoms with E-state index in [4.69, 9.17) is 4.74 Å². The number of anilines is 1. The number of aryl methyl sites for hydroxylation is 2. The molecule has 0 saturated carbocycles. The van der Waals surface area contributed by atoms with E-state index < -0.39 is 22.8 Å². The maximum atomic E-state index is 13.8. The Morgan fingerprint density at radius 1 is 1.22 bits per heavy atom. The topological polar surface area (TPSA) is 71.0 Å². The van der Waals surface area contributed by atoms with Crippen LogP contribution in [0.2, 0.25) is 0 Å². The Morgan fingerprint density at radius 2 is 2.00 bits per heavy atom. The summed E-state index contributed by atoms with van der Waals surface area (Å²) in [4.78, 5) is 31.7. The Morgan fingerprint density at radius 3 is 2.69 bits per heavy atom. The van der Waals surface area contributed by atoms with Crippen molar-refractivity contribution in [2.24, 2.45) is 4.99 Å². The van der Waals surface area contributed by atoms with E-state index >= 15 is 0 Å². The number of rotatable bonds is 8. The number of halogens is 2. The minimum Gasteiger partial charge on any atom is -0.385 e. The first-order valence-corrected chi connectivity index (χ1v) is 11.0. The third kappa shape index (κ3) is 5.92. The highest BCUT2D eigenvalue weighted by Gasteiger charge is 2.39. The molecule has 170 valence electrons. The van der Waals surface area contributed by atoms with Crippen molar-refractivity contribution in [1.29, 1.82) is 0 Å². The number of hydrogen-bond donors (Lipinski definition) is 1. The van der Waals surface area contributed by atoms with Gasteiger partial charge >= 0.3 is 0 Å². The molecule has 6 nitrogen and oxygen atoms in total. The van der Waals surface area contributed by atoms with E-state index in [0.29, 0.717) is 30.8 Å². The van der Waals surface area contributed by atoms with Gasteiger partial charge < -0.3 is 10.1 Å². The van der Waals surface area contributed by atoms with Gasteiger partial charge in [-0.05, 0) is 44.0 Å². The van der Waals surface area contributed by atoms with Gasteiger partial charge in [0.05, 0.1) is 11.4 Å². The molecule has 0 bridgehead atoms. The number of amidine groups is 1. The lowest BCUT2D eigenvalue weighted by Gasteiger charge is -2.16. The predicted octanol–water partition coefficient (Wildman–Crippen LogP) is 4.58. The molecule has 32 heavy (non-hydrogen) atoms. The molecule has 1 heterocycles. The summed E-state index contributed by atoms with van der Waals surface area (Å²) in [6.45, 7) is 4.84. The average molecular weight is 462 g/mol. The Bertz CT molecular complexity index is 1050. The molecule has 1 atom stereocenters. The molecule has 0 radical (unpaired) electrons. The summed E-state index contributed by atoms with van der Waals surface area (Å²) < 4.78 is 32.0. The van der Waals surface area contributed by atoms with Gasteiger partial charge in [-0.25, -0.2) is 13.8 Å². The second-order valence-corrected chi connectivity index (χ2v) is 8.67. The van der Waals surface area contributed by atoms with Gasteiger partial charge in [-0.2, -0.15) is 0 Å². The largest absolute Gasteiger partial charge is 0.385 e. The Kier molecular flexibility index (Phi) is 7.98. The smallest absolute Gasteiger partial charge is 0.242 e. The van der Waals surface area contributed by atoms with Crippen molar-refractivity contribution in [3.8, 4) is 0 Å². The molecule has 1 aliphatic rings. The van der Waals surface area contributed by atoms with E-state index in [1.165, 1.54) is 11.8 Å². The van der Waals surface area contributed by atoms with Crippen LogP contribution in [0.5, 0.6) is 0 Å². The lowest BCUT2D eigenvalue weighted by atomic mass is 10.1. The van der Waals surface area contributed by atoms with Crippen LogP contribution >= 0.6 is 11.8 Å². The molecule has 9 heteroatoms. The second kappa shape index (κ2) is 10.7. The van der Waals surface area contributed by atoms with Gasteiger partial charge in [-0.15, -0.1) is 0 Å². The van der Waals surface area contributed by atoms with Crippen LogP contribution in [0.1, 0.15) is 24.0 Å². The third-order valence-corrected chi connectivity index (χ3v) is 6.07. The minimum atomic E-state index is -0.873. The SMILES string of the molecule is COCCCN1C(=O)C(CC(=O)Nc2ccc(F)cc2F)SC1=Nc1ccc(C)cc1C. The molecule has 1 saturated heterocycles. The standard InChI is InChI=1S/C23H25F2N3O3S/c1-14-5-7-18(15(2)11-14)27-23-28(9-4-10-31-3)22(30)20(32-23)13-21(29)26-19-8-6-16(24)12-17(19)25/h5-8,11-12,20H,4,9-10,13H2,1-3H3,(H,26,29). The number of hydrogen-bond acceptors (Lipinski definition) is 5. The van der Waals surface area contributed by atoms with Crippen LogP contribution in [0, 0.1) is 25.5 Å². The summed E-state index contributed by atoms with van der Waals surface area (Å²) in [6, 6.07) is 8.75. The molecule has 1 N–H and O–H groups in total. The van der Waals surface area contributed by atoms with Crippen LogP contribution in [0.3, 0.4) is 0 Å². The van der Waals surface area contributed by atoms with Crippen molar-refractivity contribution in [1.82, 2.24) is 4.90 Å². The first-order valence-electron chi connectivity index (χ1n) is 10.2. The van der Waals surface area contributed by atoms with Gasteiger partial charge in [0.15, 0.2) is 5.17 Å². The zero-order valence-electron chi connectivity index (χ0n) is 18.2. The van der Waals surface area contributed by atoms with Crippen LogP contribution in [0.25, 0.3) is 0 Å². The van der Waals surface area contributed by atoms with Crippen LogP contribution in [-0.4, -0.2) is 47.4 Å². The van der Waals surface area contributed by atoms with Gasteiger partial charge in [-0.1, -0.05) is 29.5 Å². The summed E-state index contributed by atoms with van der Waals surface area (Å²) in [7, 11) is 1.59. The molecular formula is C23H25F2N3O3S. The van der Waals surface area contributed by atoms with E-state index in [1.807, 2.05) is 32.0 Å². The summed E-state index contributed by atoms with van der Waals surface area (Å²) in [5.74, 6) is -2.38. The van der Waals surface area contributed by atoms with E-state index in [-0.39, 0.29) is 18.0 Å². The number of methoxy groups -OCH3 is 1. The molecule has 2 aromatic carbocycles. The molecular weight excluding hydrogens is 436 g/mol. The van der Waals surface area contributed by atoms with Gasteiger partial charge in [0.1, 0.15) is 16.9 Å². The number of aliphatic imine (C=N–C) groups is 1. The third-order valence-electron chi connectivity index (χ3n) is 4.89. The normalized spacial score (nSPS) is 17.3.